The highest BCUT2D eigenvalue weighted by Gasteiger charge is 2.30. The molecule has 0 saturated carbocycles. The van der Waals surface area contributed by atoms with Crippen LogP contribution >= 0.6 is 0 Å². The molecule has 0 amide bonds. The van der Waals surface area contributed by atoms with E-state index in [-0.39, 0.29) is 0 Å². The Morgan fingerprint density at radius 1 is 1.33 bits per heavy atom. The largest absolute Gasteiger partial charge is 0.478 e. The first-order valence-corrected chi connectivity index (χ1v) is 5.77. The van der Waals surface area contributed by atoms with Crippen molar-refractivity contribution in [3.63, 3.8) is 0 Å². The molecule has 1 saturated heterocycles. The topological polar surface area (TPSA) is 40.5 Å². The molecule has 15 heavy (non-hydrogen) atoms. The van der Waals surface area contributed by atoms with Gasteiger partial charge in [0.1, 0.15) is 0 Å². The Balaban J connectivity index is 2.45. The Bertz CT molecular complexity index is 234. The summed E-state index contributed by atoms with van der Waals surface area (Å²) in [5, 5.41) is 8.53. The van der Waals surface area contributed by atoms with E-state index in [0.29, 0.717) is 5.41 Å². The Morgan fingerprint density at radius 3 is 2.27 bits per heavy atom. The molecule has 1 N–H and O–H groups in total. The lowest BCUT2D eigenvalue weighted by atomic mass is 9.74. The molecule has 3 nitrogen and oxygen atoms in total. The second-order valence-electron chi connectivity index (χ2n) is 4.40. The van der Waals surface area contributed by atoms with Crippen molar-refractivity contribution in [3.05, 3.63) is 12.3 Å². The van der Waals surface area contributed by atoms with Crippen LogP contribution in [0.25, 0.3) is 0 Å². The van der Waals surface area contributed by atoms with Crippen molar-refractivity contribution in [2.45, 2.75) is 39.5 Å². The van der Waals surface area contributed by atoms with Gasteiger partial charge < -0.3 is 10.0 Å². The highest BCUT2D eigenvalue weighted by Crippen LogP contribution is 2.37. The predicted octanol–water partition coefficient (Wildman–Crippen LogP) is 2.49. The third-order valence-corrected chi connectivity index (χ3v) is 3.79. The third kappa shape index (κ3) is 3.26. The number of carbonyl (C=O) groups is 1. The highest BCUT2D eigenvalue weighted by atomic mass is 16.4. The van der Waals surface area contributed by atoms with Gasteiger partial charge in [-0.3, -0.25) is 0 Å². The fraction of sp³-hybridized carbons (Fsp3) is 0.750. The van der Waals surface area contributed by atoms with Gasteiger partial charge >= 0.3 is 5.97 Å². The summed E-state index contributed by atoms with van der Waals surface area (Å²) >= 11 is 0. The van der Waals surface area contributed by atoms with Crippen LogP contribution in [-0.4, -0.2) is 29.1 Å². The number of carboxylic acid groups (broad SMARTS) is 1. The van der Waals surface area contributed by atoms with Crippen molar-refractivity contribution in [2.24, 2.45) is 5.41 Å². The van der Waals surface area contributed by atoms with Crippen molar-refractivity contribution in [1.29, 1.82) is 0 Å². The molecule has 1 aliphatic rings. The number of rotatable bonds is 4. The summed E-state index contributed by atoms with van der Waals surface area (Å²) < 4.78 is 0. The highest BCUT2D eigenvalue weighted by molar-refractivity contribution is 5.79. The first-order valence-electron chi connectivity index (χ1n) is 5.77. The van der Waals surface area contributed by atoms with E-state index in [1.807, 2.05) is 0 Å². The second-order valence-corrected chi connectivity index (χ2v) is 4.40. The summed E-state index contributed by atoms with van der Waals surface area (Å²) in [4.78, 5) is 12.5. The lowest BCUT2D eigenvalue weighted by Gasteiger charge is -2.40. The van der Waals surface area contributed by atoms with Crippen molar-refractivity contribution < 1.29 is 9.90 Å². The molecule has 1 fully saturated rings. The molecular weight excluding hydrogens is 190 g/mol. The number of hydrogen-bond acceptors (Lipinski definition) is 2. The Morgan fingerprint density at radius 2 is 1.87 bits per heavy atom. The van der Waals surface area contributed by atoms with Gasteiger partial charge in [0, 0.05) is 25.4 Å². The van der Waals surface area contributed by atoms with E-state index in [1.165, 1.54) is 31.8 Å². The molecule has 3 heteroatoms. The molecule has 1 aliphatic heterocycles. The molecule has 0 spiro atoms. The van der Waals surface area contributed by atoms with E-state index >= 15 is 0 Å². The Kier molecular flexibility index (Phi) is 4.18. The molecule has 0 aromatic carbocycles. The number of likely N-dealkylation sites (tertiary alicyclic amines) is 1. The van der Waals surface area contributed by atoms with Crippen molar-refractivity contribution in [2.75, 3.05) is 13.1 Å². The monoisotopic (exact) mass is 211 g/mol. The Labute approximate surface area is 91.8 Å². The number of carboxylic acids is 1. The fourth-order valence-corrected chi connectivity index (χ4v) is 2.27. The van der Waals surface area contributed by atoms with Gasteiger partial charge in [-0.05, 0) is 18.3 Å². The quantitative estimate of drug-likeness (QED) is 0.726. The Hall–Kier alpha value is -0.990. The molecule has 0 radical (unpaired) electrons. The first kappa shape index (κ1) is 12.1. The van der Waals surface area contributed by atoms with Gasteiger partial charge in [0.25, 0.3) is 0 Å². The normalized spacial score (nSPS) is 20.8. The van der Waals surface area contributed by atoms with Crippen LogP contribution in [-0.2, 0) is 4.79 Å². The number of piperidine rings is 1. The van der Waals surface area contributed by atoms with Crippen LogP contribution in [0.15, 0.2) is 12.3 Å². The lowest BCUT2D eigenvalue weighted by Crippen LogP contribution is -2.36. The summed E-state index contributed by atoms with van der Waals surface area (Å²) in [6, 6.07) is 0. The maximum Gasteiger partial charge on any atom is 0.329 e. The van der Waals surface area contributed by atoms with Gasteiger partial charge in [0.15, 0.2) is 0 Å². The summed E-state index contributed by atoms with van der Waals surface area (Å²) in [6.45, 7) is 6.50. The zero-order valence-corrected chi connectivity index (χ0v) is 9.70. The van der Waals surface area contributed by atoms with E-state index in [1.54, 1.807) is 6.20 Å². The van der Waals surface area contributed by atoms with Crippen LogP contribution in [0.5, 0.6) is 0 Å². The molecule has 0 bridgehead atoms. The van der Waals surface area contributed by atoms with Gasteiger partial charge in [-0.15, -0.1) is 0 Å². The number of nitrogens with zero attached hydrogens (tertiary/aromatic N) is 1. The van der Waals surface area contributed by atoms with Crippen LogP contribution in [0.3, 0.4) is 0 Å². The third-order valence-electron chi connectivity index (χ3n) is 3.79. The molecule has 0 aromatic rings. The number of hydrogen-bond donors (Lipinski definition) is 1. The van der Waals surface area contributed by atoms with Crippen LogP contribution in [0.4, 0.5) is 0 Å². The van der Waals surface area contributed by atoms with E-state index in [4.69, 9.17) is 5.11 Å². The molecule has 1 rings (SSSR count). The number of aliphatic carboxylic acids is 1. The van der Waals surface area contributed by atoms with Gasteiger partial charge in [0.05, 0.1) is 0 Å². The van der Waals surface area contributed by atoms with Gasteiger partial charge in [-0.2, -0.15) is 0 Å². The molecule has 0 atom stereocenters. The minimum absolute atomic E-state index is 0.508. The van der Waals surface area contributed by atoms with E-state index in [2.05, 4.69) is 18.7 Å². The fourth-order valence-electron chi connectivity index (χ4n) is 2.27. The summed E-state index contributed by atoms with van der Waals surface area (Å²) in [5.41, 5.74) is 0.508. The molecule has 0 aromatic heterocycles. The van der Waals surface area contributed by atoms with Crippen LogP contribution < -0.4 is 0 Å². The average molecular weight is 211 g/mol. The molecule has 86 valence electrons. The zero-order chi connectivity index (χ0) is 11.3. The molecule has 0 unspecified atom stereocenters. The molecule has 0 aliphatic carbocycles. The average Bonchev–Trinajstić information content (AvgIpc) is 2.27. The minimum atomic E-state index is -0.863. The van der Waals surface area contributed by atoms with E-state index in [9.17, 15) is 4.79 Å². The standard InChI is InChI=1S/C12H21NO2/c1-3-12(4-2)6-9-13(10-7-12)8-5-11(14)15/h5,8H,3-4,6-7,9-10H2,1-2H3,(H,14,15). The van der Waals surface area contributed by atoms with Crippen molar-refractivity contribution in [1.82, 2.24) is 4.90 Å². The van der Waals surface area contributed by atoms with Crippen molar-refractivity contribution >= 4 is 5.97 Å². The summed E-state index contributed by atoms with van der Waals surface area (Å²) in [6.07, 6.45) is 7.77. The van der Waals surface area contributed by atoms with Gasteiger partial charge in [-0.25, -0.2) is 4.79 Å². The van der Waals surface area contributed by atoms with Gasteiger partial charge in [-0.1, -0.05) is 26.7 Å². The van der Waals surface area contributed by atoms with E-state index in [0.717, 1.165) is 13.1 Å². The SMILES string of the molecule is CCC1(CC)CCN(C=CC(=O)O)CC1. The van der Waals surface area contributed by atoms with Crippen LogP contribution in [0, 0.1) is 5.41 Å². The maximum absolute atomic E-state index is 10.4. The predicted molar refractivity (Wildman–Crippen MR) is 60.6 cm³/mol. The lowest BCUT2D eigenvalue weighted by molar-refractivity contribution is -0.131. The second kappa shape index (κ2) is 5.19. The van der Waals surface area contributed by atoms with Crippen LogP contribution in [0.2, 0.25) is 0 Å². The van der Waals surface area contributed by atoms with Gasteiger partial charge in [0.2, 0.25) is 0 Å². The van der Waals surface area contributed by atoms with Crippen LogP contribution in [0.1, 0.15) is 39.5 Å². The molecular formula is C12H21NO2. The first-order chi connectivity index (χ1) is 7.12. The minimum Gasteiger partial charge on any atom is -0.478 e. The summed E-state index contributed by atoms with van der Waals surface area (Å²) in [5.74, 6) is -0.863. The van der Waals surface area contributed by atoms with Crippen molar-refractivity contribution in [3.8, 4) is 0 Å². The van der Waals surface area contributed by atoms with E-state index < -0.39 is 5.97 Å². The smallest absolute Gasteiger partial charge is 0.329 e. The maximum atomic E-state index is 10.4. The summed E-state index contributed by atoms with van der Waals surface area (Å²) in [7, 11) is 0. The molecule has 1 heterocycles. The zero-order valence-electron chi connectivity index (χ0n) is 9.70.